The van der Waals surface area contributed by atoms with E-state index in [1.807, 2.05) is 0 Å². The molecule has 1 unspecified atom stereocenters. The number of ether oxygens (including phenoxy) is 4. The molecular formula is C34H33FN4O8. The molecule has 244 valence electrons. The lowest BCUT2D eigenvalue weighted by Crippen LogP contribution is -2.41. The van der Waals surface area contributed by atoms with Gasteiger partial charge in [0.2, 0.25) is 11.8 Å². The van der Waals surface area contributed by atoms with E-state index in [0.717, 1.165) is 0 Å². The minimum atomic E-state index is -1.30. The van der Waals surface area contributed by atoms with Gasteiger partial charge >= 0.3 is 0 Å². The van der Waals surface area contributed by atoms with Crippen molar-refractivity contribution in [1.82, 2.24) is 10.5 Å². The standard InChI is InChI=1S/C34H33FN4O8/c1-33(2)44-18-24(47-33)19-45-38-30(40)26-16-25-27(17-29(26)43-3)37-15-12-28(25)46-23-10-8-22(9-11-23)39(21-6-4-20(35)5-7-21)32(42)34(13-14-34)31(36)41/h4-12,15-17,24H,13-14,18-19H2,1-3H3,(H2,36,41)(H,38,40). The number of primary amides is 1. The molecule has 12 nitrogen and oxygen atoms in total. The van der Waals surface area contributed by atoms with Gasteiger partial charge in [0, 0.05) is 29.0 Å². The van der Waals surface area contributed by atoms with Gasteiger partial charge in [-0.15, -0.1) is 0 Å². The monoisotopic (exact) mass is 644 g/mol. The van der Waals surface area contributed by atoms with Gasteiger partial charge in [-0.25, -0.2) is 9.87 Å². The molecule has 0 spiro atoms. The normalized spacial score (nSPS) is 17.6. The number of pyridine rings is 1. The van der Waals surface area contributed by atoms with Crippen molar-refractivity contribution in [2.24, 2.45) is 11.1 Å². The second kappa shape index (κ2) is 12.6. The quantitative estimate of drug-likeness (QED) is 0.171. The van der Waals surface area contributed by atoms with Gasteiger partial charge < -0.3 is 24.7 Å². The van der Waals surface area contributed by atoms with E-state index < -0.39 is 34.7 Å². The number of anilines is 2. The van der Waals surface area contributed by atoms with Gasteiger partial charge in [-0.05, 0) is 87.4 Å². The predicted molar refractivity (Wildman–Crippen MR) is 168 cm³/mol. The summed E-state index contributed by atoms with van der Waals surface area (Å²) in [4.78, 5) is 50.1. The number of amides is 3. The van der Waals surface area contributed by atoms with Crippen molar-refractivity contribution in [2.75, 3.05) is 25.2 Å². The van der Waals surface area contributed by atoms with E-state index in [2.05, 4.69) is 10.5 Å². The van der Waals surface area contributed by atoms with E-state index >= 15 is 0 Å². The van der Waals surface area contributed by atoms with Crippen molar-refractivity contribution >= 4 is 40.0 Å². The maximum atomic E-state index is 13.7. The maximum absolute atomic E-state index is 13.7. The van der Waals surface area contributed by atoms with Gasteiger partial charge in [0.1, 0.15) is 41.2 Å². The Hall–Kier alpha value is -5.11. The number of rotatable bonds is 11. The van der Waals surface area contributed by atoms with Crippen molar-refractivity contribution in [3.8, 4) is 17.2 Å². The predicted octanol–water partition coefficient (Wildman–Crippen LogP) is 4.92. The summed E-state index contributed by atoms with van der Waals surface area (Å²) >= 11 is 0. The van der Waals surface area contributed by atoms with Crippen LogP contribution in [-0.4, -0.2) is 54.9 Å². The zero-order valence-electron chi connectivity index (χ0n) is 25.9. The number of hydrogen-bond acceptors (Lipinski definition) is 9. The third kappa shape index (κ3) is 6.59. The van der Waals surface area contributed by atoms with Gasteiger partial charge in [0.05, 0.1) is 24.8 Å². The fourth-order valence-corrected chi connectivity index (χ4v) is 5.35. The van der Waals surface area contributed by atoms with Crippen LogP contribution in [0.1, 0.15) is 37.0 Å². The van der Waals surface area contributed by atoms with Gasteiger partial charge in [0.15, 0.2) is 5.79 Å². The van der Waals surface area contributed by atoms with Gasteiger partial charge in [-0.2, -0.15) is 0 Å². The Morgan fingerprint density at radius 2 is 1.70 bits per heavy atom. The Morgan fingerprint density at radius 1 is 1.02 bits per heavy atom. The summed E-state index contributed by atoms with van der Waals surface area (Å²) in [5.74, 6) is -1.81. The largest absolute Gasteiger partial charge is 0.496 e. The molecule has 2 fully saturated rings. The summed E-state index contributed by atoms with van der Waals surface area (Å²) in [5, 5.41) is 0.525. The van der Waals surface area contributed by atoms with Gasteiger partial charge in [-0.1, -0.05) is 0 Å². The van der Waals surface area contributed by atoms with E-state index in [1.54, 1.807) is 62.5 Å². The Labute approximate surface area is 269 Å². The van der Waals surface area contributed by atoms with Crippen LogP contribution in [-0.2, 0) is 23.9 Å². The van der Waals surface area contributed by atoms with E-state index in [9.17, 15) is 18.8 Å². The molecule has 2 aliphatic rings. The summed E-state index contributed by atoms with van der Waals surface area (Å²) in [6.07, 6.45) is 1.91. The first-order chi connectivity index (χ1) is 22.5. The molecule has 3 aromatic carbocycles. The summed E-state index contributed by atoms with van der Waals surface area (Å²) in [7, 11) is 1.45. The molecule has 4 aromatic rings. The smallest absolute Gasteiger partial charge is 0.278 e. The molecule has 1 aromatic heterocycles. The summed E-state index contributed by atoms with van der Waals surface area (Å²) in [5.41, 5.74) is 8.24. The van der Waals surface area contributed by atoms with Crippen molar-refractivity contribution < 1.29 is 42.6 Å². The average molecular weight is 645 g/mol. The Morgan fingerprint density at radius 3 is 2.30 bits per heavy atom. The molecule has 1 aliphatic heterocycles. The highest BCUT2D eigenvalue weighted by Crippen LogP contribution is 2.49. The van der Waals surface area contributed by atoms with E-state index in [-0.39, 0.29) is 24.0 Å². The second-order valence-corrected chi connectivity index (χ2v) is 11.7. The lowest BCUT2D eigenvalue weighted by molar-refractivity contribution is -0.147. The minimum Gasteiger partial charge on any atom is -0.496 e. The molecular weight excluding hydrogens is 611 g/mol. The number of hydrogen-bond donors (Lipinski definition) is 2. The number of carbonyl (C=O) groups is 3. The van der Waals surface area contributed by atoms with Crippen molar-refractivity contribution in [2.45, 2.75) is 38.6 Å². The highest BCUT2D eigenvalue weighted by Gasteiger charge is 2.57. The number of nitrogens with zero attached hydrogens (tertiary/aromatic N) is 2. The van der Waals surface area contributed by atoms with Crippen molar-refractivity contribution in [3.63, 3.8) is 0 Å². The Balaban J connectivity index is 1.23. The maximum Gasteiger partial charge on any atom is 0.278 e. The fraction of sp³-hybridized carbons (Fsp3) is 0.294. The van der Waals surface area contributed by atoms with Crippen LogP contribution < -0.4 is 25.6 Å². The van der Waals surface area contributed by atoms with Crippen molar-refractivity contribution in [3.05, 3.63) is 84.3 Å². The summed E-state index contributed by atoms with van der Waals surface area (Å²) < 4.78 is 36.6. The third-order valence-electron chi connectivity index (χ3n) is 8.01. The third-order valence-corrected chi connectivity index (χ3v) is 8.01. The number of halogens is 1. The summed E-state index contributed by atoms with van der Waals surface area (Å²) in [6, 6.07) is 16.9. The number of benzene rings is 3. The highest BCUT2D eigenvalue weighted by atomic mass is 19.1. The minimum absolute atomic E-state index is 0.0880. The number of carbonyl (C=O) groups excluding carboxylic acids is 3. The first-order valence-corrected chi connectivity index (χ1v) is 14.9. The van der Waals surface area contributed by atoms with Crippen LogP contribution in [0.25, 0.3) is 10.9 Å². The number of fused-ring (bicyclic) bond motifs is 1. The molecule has 1 saturated carbocycles. The topological polar surface area (TPSA) is 152 Å². The number of aromatic nitrogens is 1. The molecule has 6 rings (SSSR count). The van der Waals surface area contributed by atoms with Crippen LogP contribution in [0, 0.1) is 11.2 Å². The summed E-state index contributed by atoms with van der Waals surface area (Å²) in [6.45, 7) is 4.02. The molecule has 47 heavy (non-hydrogen) atoms. The molecule has 1 aliphatic carbocycles. The van der Waals surface area contributed by atoms with Gasteiger partial charge in [0.25, 0.3) is 5.91 Å². The molecule has 1 saturated heterocycles. The number of methoxy groups -OCH3 is 1. The molecule has 13 heteroatoms. The zero-order chi connectivity index (χ0) is 33.3. The van der Waals surface area contributed by atoms with Crippen LogP contribution in [0.4, 0.5) is 15.8 Å². The molecule has 2 heterocycles. The van der Waals surface area contributed by atoms with Crippen molar-refractivity contribution in [1.29, 1.82) is 0 Å². The number of hydroxylamine groups is 1. The first kappa shape index (κ1) is 31.9. The molecule has 1 atom stereocenters. The molecule has 3 N–H and O–H groups in total. The first-order valence-electron chi connectivity index (χ1n) is 14.9. The van der Waals surface area contributed by atoms with Crippen LogP contribution in [0.5, 0.6) is 17.2 Å². The lowest BCUT2D eigenvalue weighted by Gasteiger charge is -2.26. The number of nitrogens with two attached hydrogens (primary N) is 1. The Bertz CT molecular complexity index is 1830. The highest BCUT2D eigenvalue weighted by molar-refractivity contribution is 6.16. The lowest BCUT2D eigenvalue weighted by atomic mass is 10.0. The van der Waals surface area contributed by atoms with Gasteiger partial charge in [-0.3, -0.25) is 29.1 Å². The zero-order valence-corrected chi connectivity index (χ0v) is 25.9. The molecule has 0 radical (unpaired) electrons. The SMILES string of the molecule is COc1cc2nccc(Oc3ccc(N(C(=O)C4(C(N)=O)CC4)c4ccc(F)cc4)cc3)c2cc1C(=O)NOCC1COC(C)(C)O1. The fourth-order valence-electron chi connectivity index (χ4n) is 5.35. The molecule has 0 bridgehead atoms. The van der Waals surface area contributed by atoms with Crippen LogP contribution in [0.2, 0.25) is 0 Å². The van der Waals surface area contributed by atoms with E-state index in [1.165, 1.54) is 36.3 Å². The number of nitrogens with one attached hydrogen (secondary N) is 1. The van der Waals surface area contributed by atoms with E-state index in [4.69, 9.17) is 29.5 Å². The van der Waals surface area contributed by atoms with Crippen LogP contribution in [0.15, 0.2) is 72.9 Å². The second-order valence-electron chi connectivity index (χ2n) is 11.7. The average Bonchev–Trinajstić information content (AvgIpc) is 3.80. The van der Waals surface area contributed by atoms with Crippen LogP contribution >= 0.6 is 0 Å². The van der Waals surface area contributed by atoms with Crippen LogP contribution in [0.3, 0.4) is 0 Å². The molecule has 3 amide bonds. The van der Waals surface area contributed by atoms with E-state index in [0.29, 0.717) is 53.2 Å². The Kier molecular flexibility index (Phi) is 8.53.